The number of aromatic nitrogens is 2. The van der Waals surface area contributed by atoms with Crippen molar-refractivity contribution in [3.05, 3.63) is 53.6 Å². The smallest absolute Gasteiger partial charge is 0.222 e. The molecule has 1 atom stereocenters. The highest BCUT2D eigenvalue weighted by atomic mass is 16.1. The summed E-state index contributed by atoms with van der Waals surface area (Å²) in [7, 11) is 0. The molecule has 0 unspecified atom stereocenters. The fourth-order valence-electron chi connectivity index (χ4n) is 3.99. The van der Waals surface area contributed by atoms with Crippen molar-refractivity contribution >= 4 is 5.91 Å². The van der Waals surface area contributed by atoms with Crippen LogP contribution >= 0.6 is 0 Å². The van der Waals surface area contributed by atoms with E-state index >= 15 is 0 Å². The molecule has 2 heterocycles. The lowest BCUT2D eigenvalue weighted by Crippen LogP contribution is -2.47. The first-order chi connectivity index (χ1) is 13.5. The van der Waals surface area contributed by atoms with Gasteiger partial charge in [-0.15, -0.1) is 0 Å². The zero-order valence-corrected chi connectivity index (χ0v) is 17.5. The van der Waals surface area contributed by atoms with Crippen molar-refractivity contribution < 1.29 is 4.79 Å². The van der Waals surface area contributed by atoms with Crippen LogP contribution in [0.1, 0.15) is 50.1 Å². The molecule has 5 heteroatoms. The second kappa shape index (κ2) is 9.87. The van der Waals surface area contributed by atoms with Gasteiger partial charge in [0.1, 0.15) is 5.82 Å². The van der Waals surface area contributed by atoms with E-state index in [0.29, 0.717) is 18.9 Å². The van der Waals surface area contributed by atoms with Crippen LogP contribution in [0.15, 0.2) is 36.7 Å². The van der Waals surface area contributed by atoms with Crippen LogP contribution in [-0.4, -0.2) is 39.5 Å². The molecule has 1 amide bonds. The number of imidazole rings is 1. The maximum absolute atomic E-state index is 12.3. The molecule has 1 aromatic heterocycles. The molecule has 1 aliphatic rings. The number of nitrogens with one attached hydrogen (secondary N) is 1. The number of piperidine rings is 1. The van der Waals surface area contributed by atoms with Gasteiger partial charge in [-0.3, -0.25) is 9.69 Å². The van der Waals surface area contributed by atoms with E-state index in [1.807, 2.05) is 17.7 Å². The molecule has 28 heavy (non-hydrogen) atoms. The van der Waals surface area contributed by atoms with E-state index in [1.54, 1.807) is 6.20 Å². The summed E-state index contributed by atoms with van der Waals surface area (Å²) in [6, 6.07) is 9.29. The number of benzene rings is 1. The maximum atomic E-state index is 12.3. The maximum Gasteiger partial charge on any atom is 0.222 e. The van der Waals surface area contributed by atoms with Crippen LogP contribution in [0.5, 0.6) is 0 Å². The summed E-state index contributed by atoms with van der Waals surface area (Å²) in [4.78, 5) is 19.0. The molecule has 0 aliphatic carbocycles. The number of rotatable bonds is 8. The number of likely N-dealkylation sites (tertiary alicyclic amines) is 1. The second-order valence-corrected chi connectivity index (χ2v) is 8.47. The molecule has 0 radical (unpaired) electrons. The van der Waals surface area contributed by atoms with Gasteiger partial charge in [-0.1, -0.05) is 38.1 Å². The van der Waals surface area contributed by atoms with Crippen molar-refractivity contribution in [2.75, 3.05) is 13.1 Å². The summed E-state index contributed by atoms with van der Waals surface area (Å²) in [5, 5.41) is 3.23. The van der Waals surface area contributed by atoms with Gasteiger partial charge in [0.2, 0.25) is 5.91 Å². The Morgan fingerprint density at radius 1 is 1.25 bits per heavy atom. The largest absolute Gasteiger partial charge is 0.352 e. The minimum absolute atomic E-state index is 0.137. The van der Waals surface area contributed by atoms with E-state index in [9.17, 15) is 4.79 Å². The fourth-order valence-corrected chi connectivity index (χ4v) is 3.99. The van der Waals surface area contributed by atoms with Crippen molar-refractivity contribution in [3.63, 3.8) is 0 Å². The Balaban J connectivity index is 1.44. The number of hydrogen-bond acceptors (Lipinski definition) is 3. The van der Waals surface area contributed by atoms with Crippen LogP contribution in [-0.2, 0) is 24.3 Å². The average Bonchev–Trinajstić information content (AvgIpc) is 3.06. The van der Waals surface area contributed by atoms with E-state index in [-0.39, 0.29) is 11.9 Å². The van der Waals surface area contributed by atoms with E-state index < -0.39 is 0 Å². The molecule has 1 aliphatic heterocycles. The molecule has 3 rings (SSSR count). The van der Waals surface area contributed by atoms with Gasteiger partial charge in [0.15, 0.2) is 0 Å². The van der Waals surface area contributed by atoms with Crippen LogP contribution in [0.3, 0.4) is 0 Å². The van der Waals surface area contributed by atoms with Crippen LogP contribution in [0, 0.1) is 12.8 Å². The molecule has 0 bridgehead atoms. The highest BCUT2D eigenvalue weighted by Crippen LogP contribution is 2.16. The third kappa shape index (κ3) is 6.20. The summed E-state index contributed by atoms with van der Waals surface area (Å²) < 4.78 is 2.02. The first-order valence-electron chi connectivity index (χ1n) is 10.6. The van der Waals surface area contributed by atoms with Crippen LogP contribution < -0.4 is 5.32 Å². The average molecular weight is 383 g/mol. The SMILES string of the molecule is Cc1nccn1CCC(=O)N[C@H]1CCCN(Cc2ccc(CC(C)C)cc2)C1. The van der Waals surface area contributed by atoms with Crippen LogP contribution in [0.25, 0.3) is 0 Å². The highest BCUT2D eigenvalue weighted by molar-refractivity contribution is 5.76. The Hall–Kier alpha value is -2.14. The number of carbonyl (C=O) groups is 1. The summed E-state index contributed by atoms with van der Waals surface area (Å²) in [6.07, 6.45) is 7.55. The summed E-state index contributed by atoms with van der Waals surface area (Å²) in [6.45, 7) is 10.2. The number of amides is 1. The quantitative estimate of drug-likeness (QED) is 0.759. The zero-order chi connectivity index (χ0) is 19.9. The van der Waals surface area contributed by atoms with Gasteiger partial charge in [0, 0.05) is 44.5 Å². The predicted molar refractivity (Wildman–Crippen MR) is 113 cm³/mol. The van der Waals surface area contributed by atoms with E-state index in [0.717, 1.165) is 44.7 Å². The fraction of sp³-hybridized carbons (Fsp3) is 0.565. The minimum Gasteiger partial charge on any atom is -0.352 e. The van der Waals surface area contributed by atoms with Crippen molar-refractivity contribution in [1.29, 1.82) is 0 Å². The lowest BCUT2D eigenvalue weighted by molar-refractivity contribution is -0.122. The topological polar surface area (TPSA) is 50.2 Å². The molecule has 1 saturated heterocycles. The Kier molecular flexibility index (Phi) is 7.26. The molecule has 152 valence electrons. The molecule has 2 aromatic rings. The molecule has 0 saturated carbocycles. The van der Waals surface area contributed by atoms with Gasteiger partial charge in [0.05, 0.1) is 0 Å². The minimum atomic E-state index is 0.137. The number of carbonyl (C=O) groups excluding carboxylic acids is 1. The first-order valence-corrected chi connectivity index (χ1v) is 10.6. The van der Waals surface area contributed by atoms with Gasteiger partial charge in [-0.05, 0) is 49.8 Å². The number of nitrogens with zero attached hydrogens (tertiary/aromatic N) is 3. The Morgan fingerprint density at radius 3 is 2.68 bits per heavy atom. The number of hydrogen-bond donors (Lipinski definition) is 1. The molecule has 0 spiro atoms. The van der Waals surface area contributed by atoms with Crippen molar-refractivity contribution in [1.82, 2.24) is 19.8 Å². The Labute approximate surface area is 169 Å². The van der Waals surface area contributed by atoms with Gasteiger partial charge < -0.3 is 9.88 Å². The highest BCUT2D eigenvalue weighted by Gasteiger charge is 2.21. The summed E-state index contributed by atoms with van der Waals surface area (Å²) >= 11 is 0. The Bertz CT molecular complexity index is 750. The van der Waals surface area contributed by atoms with Crippen molar-refractivity contribution in [3.8, 4) is 0 Å². The molecule has 1 aromatic carbocycles. The first kappa shape index (κ1) is 20.6. The molecule has 5 nitrogen and oxygen atoms in total. The second-order valence-electron chi connectivity index (χ2n) is 8.47. The van der Waals surface area contributed by atoms with E-state index in [2.05, 4.69) is 53.3 Å². The molecule has 1 fully saturated rings. The van der Waals surface area contributed by atoms with Gasteiger partial charge in [-0.25, -0.2) is 4.98 Å². The van der Waals surface area contributed by atoms with Gasteiger partial charge in [-0.2, -0.15) is 0 Å². The lowest BCUT2D eigenvalue weighted by Gasteiger charge is -2.33. The van der Waals surface area contributed by atoms with E-state index in [4.69, 9.17) is 0 Å². The Morgan fingerprint density at radius 2 is 2.00 bits per heavy atom. The standard InChI is InChI=1S/C23H34N4O/c1-18(2)15-20-6-8-21(9-7-20)16-26-12-4-5-22(17-26)25-23(28)10-13-27-14-11-24-19(27)3/h6-9,11,14,18,22H,4-5,10,12-13,15-17H2,1-3H3,(H,25,28)/t22-/m0/s1. The number of aryl methyl sites for hydroxylation is 2. The lowest BCUT2D eigenvalue weighted by atomic mass is 10.0. The monoisotopic (exact) mass is 382 g/mol. The van der Waals surface area contributed by atoms with Gasteiger partial charge in [0.25, 0.3) is 0 Å². The molecule has 1 N–H and O–H groups in total. The predicted octanol–water partition coefficient (Wildman–Crippen LogP) is 3.56. The van der Waals surface area contributed by atoms with E-state index in [1.165, 1.54) is 11.1 Å². The third-order valence-corrected chi connectivity index (χ3v) is 5.45. The van der Waals surface area contributed by atoms with Crippen molar-refractivity contribution in [2.24, 2.45) is 5.92 Å². The summed E-state index contributed by atoms with van der Waals surface area (Å²) in [5.74, 6) is 1.78. The summed E-state index contributed by atoms with van der Waals surface area (Å²) in [5.41, 5.74) is 2.77. The van der Waals surface area contributed by atoms with Crippen molar-refractivity contribution in [2.45, 2.75) is 65.6 Å². The normalized spacial score (nSPS) is 17.8. The van der Waals surface area contributed by atoms with Gasteiger partial charge >= 0.3 is 0 Å². The third-order valence-electron chi connectivity index (χ3n) is 5.45. The van der Waals surface area contributed by atoms with Crippen LogP contribution in [0.2, 0.25) is 0 Å². The zero-order valence-electron chi connectivity index (χ0n) is 17.5. The molecular formula is C23H34N4O. The van der Waals surface area contributed by atoms with Crippen LogP contribution in [0.4, 0.5) is 0 Å². The molecular weight excluding hydrogens is 348 g/mol.